The van der Waals surface area contributed by atoms with E-state index in [1.807, 2.05) is 97.7 Å². The number of hydrogen-bond donors (Lipinski definition) is 3. The molecule has 0 atom stereocenters. The SMILES string of the molecule is CC(C)(C)CCOC(C)(C)N[N+](C)(C)OC(C)(C)[N+](C)(C)OC(C)(C)[N+](C)(C)NC(C)(C)OCCC(C)(C)O. The number of nitrogens with one attached hydrogen (secondary N) is 2. The second kappa shape index (κ2) is 12.5. The molecule has 0 aromatic rings. The van der Waals surface area contributed by atoms with Gasteiger partial charge in [-0.3, -0.25) is 0 Å². The number of hydroxylamine groups is 5. The highest BCUT2D eigenvalue weighted by atomic mass is 16.8. The first-order valence-corrected chi connectivity index (χ1v) is 14.3. The van der Waals surface area contributed by atoms with Gasteiger partial charge in [-0.05, 0) is 59.8 Å². The predicted octanol–water partition coefficient (Wildman–Crippen LogP) is 4.66. The van der Waals surface area contributed by atoms with Gasteiger partial charge in [0.1, 0.15) is 28.2 Å². The maximum atomic E-state index is 10.0. The Morgan fingerprint density at radius 1 is 0.564 bits per heavy atom. The molecule has 10 nitrogen and oxygen atoms in total. The molecule has 10 heteroatoms. The van der Waals surface area contributed by atoms with E-state index in [-0.39, 0.29) is 14.8 Å². The van der Waals surface area contributed by atoms with Crippen LogP contribution in [0, 0.1) is 5.41 Å². The molecule has 0 bridgehead atoms. The molecule has 0 aliphatic carbocycles. The Hall–Kier alpha value is -0.400. The molecule has 236 valence electrons. The summed E-state index contributed by atoms with van der Waals surface area (Å²) >= 11 is 0. The molecule has 0 aliphatic heterocycles. The molecule has 0 unspecified atom stereocenters. The Labute approximate surface area is 241 Å². The molecule has 0 aliphatic rings. The van der Waals surface area contributed by atoms with Crippen LogP contribution in [0.4, 0.5) is 0 Å². The highest BCUT2D eigenvalue weighted by Gasteiger charge is 2.55. The molecule has 0 rings (SSSR count). The van der Waals surface area contributed by atoms with E-state index in [9.17, 15) is 5.11 Å². The second-order valence-electron chi connectivity index (χ2n) is 16.0. The fraction of sp³-hybridized carbons (Fsp3) is 1.00. The molecule has 0 aromatic heterocycles. The third kappa shape index (κ3) is 14.4. The van der Waals surface area contributed by atoms with Crippen LogP contribution in [-0.2, 0) is 19.1 Å². The van der Waals surface area contributed by atoms with Crippen molar-refractivity contribution < 1.29 is 38.2 Å². The van der Waals surface area contributed by atoms with Crippen LogP contribution < -0.4 is 10.9 Å². The number of rotatable bonds is 17. The Morgan fingerprint density at radius 2 is 0.974 bits per heavy atom. The minimum absolute atomic E-state index is 0.0690. The van der Waals surface area contributed by atoms with Gasteiger partial charge in [0.2, 0.25) is 0 Å². The van der Waals surface area contributed by atoms with Crippen molar-refractivity contribution >= 4 is 0 Å². The summed E-state index contributed by atoms with van der Waals surface area (Å²) in [4.78, 5) is 13.4. The van der Waals surface area contributed by atoms with Gasteiger partial charge in [-0.15, -0.1) is 29.9 Å². The van der Waals surface area contributed by atoms with Crippen LogP contribution in [0.3, 0.4) is 0 Å². The topological polar surface area (TPSA) is 81.2 Å². The minimum atomic E-state index is -0.773. The number of hydrogen-bond acceptors (Lipinski definition) is 7. The average Bonchev–Trinajstić information content (AvgIpc) is 2.54. The highest BCUT2D eigenvalue weighted by Crippen LogP contribution is 2.33. The van der Waals surface area contributed by atoms with E-state index in [0.717, 1.165) is 6.42 Å². The van der Waals surface area contributed by atoms with Crippen molar-refractivity contribution in [3.8, 4) is 0 Å². The summed E-state index contributed by atoms with van der Waals surface area (Å²) in [5, 5.41) is 10.0. The van der Waals surface area contributed by atoms with Crippen LogP contribution in [0.15, 0.2) is 0 Å². The number of quaternary nitrogens is 3. The normalized spacial score (nSPS) is 15.7. The monoisotopic (exact) mass is 567 g/mol. The van der Waals surface area contributed by atoms with Gasteiger partial charge >= 0.3 is 0 Å². The molecule has 0 saturated heterocycles. The zero-order valence-electron chi connectivity index (χ0n) is 29.3. The van der Waals surface area contributed by atoms with Crippen LogP contribution in [0.25, 0.3) is 0 Å². The predicted molar refractivity (Wildman–Crippen MR) is 158 cm³/mol. The zero-order valence-corrected chi connectivity index (χ0v) is 29.3. The standard InChI is InChI=1S/C29H68N5O5/c1-24(2,3)20-22-36-27(8,9)31-34(18,19)39-29(12,13)33(16,17)38-28(10,11)32(14,15)30-26(6,7)37-23-21-25(4,5)35/h30-31,35H,20-23H2,1-19H3/q+3. The van der Waals surface area contributed by atoms with Crippen molar-refractivity contribution in [3.05, 3.63) is 0 Å². The van der Waals surface area contributed by atoms with Gasteiger partial charge in [0.15, 0.2) is 11.4 Å². The van der Waals surface area contributed by atoms with E-state index in [4.69, 9.17) is 19.1 Å². The summed E-state index contributed by atoms with van der Waals surface area (Å²) < 4.78 is 12.8. The summed E-state index contributed by atoms with van der Waals surface area (Å²) in [6.07, 6.45) is 1.51. The van der Waals surface area contributed by atoms with Gasteiger partial charge in [-0.25, -0.2) is 4.59 Å². The lowest BCUT2D eigenvalue weighted by molar-refractivity contribution is -1.24. The highest BCUT2D eigenvalue weighted by molar-refractivity contribution is 4.68. The van der Waals surface area contributed by atoms with E-state index in [1.54, 1.807) is 13.8 Å². The molecule has 0 heterocycles. The Balaban J connectivity index is 5.49. The second-order valence-corrected chi connectivity index (χ2v) is 16.0. The van der Waals surface area contributed by atoms with E-state index < -0.39 is 28.5 Å². The first-order chi connectivity index (χ1) is 16.7. The third-order valence-corrected chi connectivity index (χ3v) is 7.13. The quantitative estimate of drug-likeness (QED) is 0.134. The van der Waals surface area contributed by atoms with Crippen molar-refractivity contribution in [1.29, 1.82) is 0 Å². The lowest BCUT2D eigenvalue weighted by Gasteiger charge is -2.51. The third-order valence-electron chi connectivity index (χ3n) is 7.13. The summed E-state index contributed by atoms with van der Waals surface area (Å²) in [5.74, 6) is 0. The van der Waals surface area contributed by atoms with Gasteiger partial charge < -0.3 is 14.6 Å². The summed E-state index contributed by atoms with van der Waals surface area (Å²) in [6.45, 7) is 27.4. The van der Waals surface area contributed by atoms with Crippen molar-refractivity contribution in [2.45, 2.75) is 131 Å². The molecule has 0 spiro atoms. The van der Waals surface area contributed by atoms with E-state index >= 15 is 0 Å². The fourth-order valence-electron chi connectivity index (χ4n) is 4.14. The molecule has 3 N–H and O–H groups in total. The van der Waals surface area contributed by atoms with Gasteiger partial charge in [0.05, 0.1) is 26.3 Å². The van der Waals surface area contributed by atoms with Crippen LogP contribution in [0.1, 0.15) is 103 Å². The molecule has 0 fully saturated rings. The number of ether oxygens (including phenoxy) is 2. The lowest BCUT2D eigenvalue weighted by atomic mass is 9.93. The van der Waals surface area contributed by atoms with Crippen LogP contribution in [0.2, 0.25) is 0 Å². The molecule has 0 saturated carbocycles. The number of aliphatic hydroxyl groups is 1. The Kier molecular flexibility index (Phi) is 12.3. The van der Waals surface area contributed by atoms with E-state index in [2.05, 4.69) is 31.6 Å². The van der Waals surface area contributed by atoms with E-state index in [1.165, 1.54) is 0 Å². The Bertz CT molecular complexity index is 763. The fourth-order valence-corrected chi connectivity index (χ4v) is 4.14. The lowest BCUT2D eigenvalue weighted by Crippen LogP contribution is -2.75. The van der Waals surface area contributed by atoms with Gasteiger partial charge in [0, 0.05) is 34.3 Å². The zero-order chi connectivity index (χ0) is 31.6. The molecular formula is C29H68N5O5+3. The average molecular weight is 567 g/mol. The maximum Gasteiger partial charge on any atom is 0.279 e. The Morgan fingerprint density at radius 3 is 1.38 bits per heavy atom. The van der Waals surface area contributed by atoms with Gasteiger partial charge in [0.25, 0.3) is 11.4 Å². The van der Waals surface area contributed by atoms with Crippen molar-refractivity contribution in [1.82, 2.24) is 10.9 Å². The van der Waals surface area contributed by atoms with Crippen LogP contribution in [0.5, 0.6) is 0 Å². The minimum Gasteiger partial charge on any atom is -0.390 e. The van der Waals surface area contributed by atoms with Gasteiger partial charge in [-0.1, -0.05) is 20.8 Å². The molecule has 0 radical (unpaired) electrons. The summed E-state index contributed by atoms with van der Waals surface area (Å²) in [5.41, 5.74) is 3.79. The molecule has 0 aromatic carbocycles. The maximum absolute atomic E-state index is 10.0. The van der Waals surface area contributed by atoms with Crippen LogP contribution in [-0.4, -0.2) is 103 Å². The van der Waals surface area contributed by atoms with Crippen molar-refractivity contribution in [2.24, 2.45) is 5.41 Å². The molecule has 0 amide bonds. The summed E-state index contributed by atoms with van der Waals surface area (Å²) in [6, 6.07) is 0. The van der Waals surface area contributed by atoms with Gasteiger partial charge in [-0.2, -0.15) is 0 Å². The smallest absolute Gasteiger partial charge is 0.279 e. The first-order valence-electron chi connectivity index (χ1n) is 14.3. The van der Waals surface area contributed by atoms with E-state index in [0.29, 0.717) is 24.2 Å². The number of nitrogens with zero attached hydrogens (tertiary/aromatic N) is 3. The van der Waals surface area contributed by atoms with Crippen molar-refractivity contribution in [2.75, 3.05) is 55.5 Å². The largest absolute Gasteiger partial charge is 0.390 e. The first kappa shape index (κ1) is 38.6. The van der Waals surface area contributed by atoms with Crippen LogP contribution >= 0.6 is 0 Å². The summed E-state index contributed by atoms with van der Waals surface area (Å²) in [7, 11) is 12.0. The van der Waals surface area contributed by atoms with Crippen molar-refractivity contribution in [3.63, 3.8) is 0 Å². The molecular weight excluding hydrogens is 498 g/mol. The molecule has 39 heavy (non-hydrogen) atoms.